The normalized spacial score (nSPS) is 11.7. The third kappa shape index (κ3) is 3.02. The Kier molecular flexibility index (Phi) is 4.01. The molecule has 0 amide bonds. The van der Waals surface area contributed by atoms with Gasteiger partial charge in [0.15, 0.2) is 5.78 Å². The molecule has 2 nitrogen and oxygen atoms in total. The van der Waals surface area contributed by atoms with Crippen LogP contribution in [0.15, 0.2) is 42.5 Å². The van der Waals surface area contributed by atoms with Crippen LogP contribution in [0.4, 0.5) is 0 Å². The van der Waals surface area contributed by atoms with Crippen molar-refractivity contribution in [1.82, 2.24) is 5.32 Å². The van der Waals surface area contributed by atoms with E-state index in [1.54, 1.807) is 0 Å². The predicted octanol–water partition coefficient (Wildman–Crippen LogP) is 3.34. The van der Waals surface area contributed by atoms with Crippen molar-refractivity contribution in [1.29, 1.82) is 0 Å². The molecule has 0 saturated carbocycles. The smallest absolute Gasteiger partial charge is 0.156 e. The number of likely N-dealkylation sites (N-methyl/N-ethyl adjacent to an activating group) is 1. The SMILES string of the molecule is CCNC(C)(C)C(=O)Cc1cccc2ccccc12. The van der Waals surface area contributed by atoms with Gasteiger partial charge in [0.2, 0.25) is 0 Å². The van der Waals surface area contributed by atoms with Crippen molar-refractivity contribution in [3.8, 4) is 0 Å². The zero-order chi connectivity index (χ0) is 13.9. The number of nitrogens with one attached hydrogen (secondary N) is 1. The number of rotatable bonds is 5. The Hall–Kier alpha value is -1.67. The van der Waals surface area contributed by atoms with Crippen molar-refractivity contribution >= 4 is 16.6 Å². The molecule has 0 aliphatic heterocycles. The fraction of sp³-hybridized carbons (Fsp3) is 0.353. The summed E-state index contributed by atoms with van der Waals surface area (Å²) in [5.41, 5.74) is 0.639. The second kappa shape index (κ2) is 5.54. The highest BCUT2D eigenvalue weighted by atomic mass is 16.1. The minimum absolute atomic E-state index is 0.228. The Bertz CT molecular complexity index is 581. The standard InChI is InChI=1S/C17H21NO/c1-4-18-17(2,3)16(19)12-14-10-7-9-13-8-5-6-11-15(13)14/h5-11,18H,4,12H2,1-3H3. The zero-order valence-electron chi connectivity index (χ0n) is 11.9. The van der Waals surface area contributed by atoms with Gasteiger partial charge in [0, 0.05) is 6.42 Å². The summed E-state index contributed by atoms with van der Waals surface area (Å²) in [6, 6.07) is 14.4. The van der Waals surface area contributed by atoms with Crippen LogP contribution in [0.3, 0.4) is 0 Å². The fourth-order valence-corrected chi connectivity index (χ4v) is 2.38. The molecule has 100 valence electrons. The molecular formula is C17H21NO. The van der Waals surface area contributed by atoms with Gasteiger partial charge in [0.1, 0.15) is 0 Å². The van der Waals surface area contributed by atoms with Crippen LogP contribution in [-0.4, -0.2) is 17.9 Å². The number of hydrogen-bond donors (Lipinski definition) is 1. The number of benzene rings is 2. The van der Waals surface area contributed by atoms with Crippen molar-refractivity contribution in [3.05, 3.63) is 48.0 Å². The molecule has 0 bridgehead atoms. The summed E-state index contributed by atoms with van der Waals surface area (Å²) in [7, 11) is 0. The van der Waals surface area contributed by atoms with Crippen LogP contribution in [0.1, 0.15) is 26.3 Å². The first-order valence-corrected chi connectivity index (χ1v) is 6.79. The molecule has 2 aromatic carbocycles. The molecule has 0 unspecified atom stereocenters. The number of carbonyl (C=O) groups is 1. The molecule has 0 heterocycles. The third-order valence-electron chi connectivity index (χ3n) is 3.55. The lowest BCUT2D eigenvalue weighted by molar-refractivity contribution is -0.123. The Balaban J connectivity index is 2.29. The minimum atomic E-state index is -0.467. The van der Waals surface area contributed by atoms with E-state index in [2.05, 4.69) is 23.5 Å². The average Bonchev–Trinajstić information content (AvgIpc) is 2.39. The van der Waals surface area contributed by atoms with Gasteiger partial charge < -0.3 is 5.32 Å². The van der Waals surface area contributed by atoms with Crippen molar-refractivity contribution in [2.24, 2.45) is 0 Å². The molecule has 0 aliphatic rings. The quantitative estimate of drug-likeness (QED) is 0.887. The molecule has 0 atom stereocenters. The van der Waals surface area contributed by atoms with Crippen LogP contribution in [0.25, 0.3) is 10.8 Å². The number of Topliss-reactive ketones (excluding diaryl/α,β-unsaturated/α-hetero) is 1. The van der Waals surface area contributed by atoms with Gasteiger partial charge in [0.05, 0.1) is 5.54 Å². The molecule has 0 fully saturated rings. The molecule has 2 aromatic rings. The van der Waals surface area contributed by atoms with E-state index in [0.717, 1.165) is 12.1 Å². The first-order chi connectivity index (χ1) is 9.04. The highest BCUT2D eigenvalue weighted by Crippen LogP contribution is 2.20. The summed E-state index contributed by atoms with van der Waals surface area (Å²) >= 11 is 0. The molecule has 2 rings (SSSR count). The van der Waals surface area contributed by atoms with Crippen LogP contribution < -0.4 is 5.32 Å². The van der Waals surface area contributed by atoms with Gasteiger partial charge in [-0.2, -0.15) is 0 Å². The highest BCUT2D eigenvalue weighted by molar-refractivity contribution is 5.94. The van der Waals surface area contributed by atoms with Crippen molar-refractivity contribution in [2.45, 2.75) is 32.7 Å². The highest BCUT2D eigenvalue weighted by Gasteiger charge is 2.26. The second-order valence-corrected chi connectivity index (χ2v) is 5.39. The number of ketones is 1. The van der Waals surface area contributed by atoms with Crippen molar-refractivity contribution in [2.75, 3.05) is 6.54 Å². The van der Waals surface area contributed by atoms with Gasteiger partial charge in [0.25, 0.3) is 0 Å². The summed E-state index contributed by atoms with van der Waals surface area (Å²) in [6.45, 7) is 6.72. The Morgan fingerprint density at radius 2 is 1.79 bits per heavy atom. The molecule has 0 radical (unpaired) electrons. The van der Waals surface area contributed by atoms with Gasteiger partial charge in [-0.15, -0.1) is 0 Å². The van der Waals surface area contributed by atoms with Crippen molar-refractivity contribution < 1.29 is 4.79 Å². The Labute approximate surface area is 114 Å². The second-order valence-electron chi connectivity index (χ2n) is 5.39. The van der Waals surface area contributed by atoms with Crippen molar-refractivity contribution in [3.63, 3.8) is 0 Å². The van der Waals surface area contributed by atoms with E-state index < -0.39 is 5.54 Å². The zero-order valence-corrected chi connectivity index (χ0v) is 11.9. The van der Waals surface area contributed by atoms with Crippen LogP contribution >= 0.6 is 0 Å². The van der Waals surface area contributed by atoms with E-state index in [0.29, 0.717) is 6.42 Å². The van der Waals surface area contributed by atoms with Crippen LogP contribution in [-0.2, 0) is 11.2 Å². The van der Waals surface area contributed by atoms with E-state index in [-0.39, 0.29) is 5.78 Å². The van der Waals surface area contributed by atoms with Gasteiger partial charge in [-0.25, -0.2) is 0 Å². The molecule has 19 heavy (non-hydrogen) atoms. The summed E-state index contributed by atoms with van der Waals surface area (Å²) in [6.07, 6.45) is 0.474. The predicted molar refractivity (Wildman–Crippen MR) is 80.4 cm³/mol. The van der Waals surface area contributed by atoms with Gasteiger partial charge in [-0.1, -0.05) is 49.4 Å². The summed E-state index contributed by atoms with van der Waals surface area (Å²) in [5, 5.41) is 5.60. The lowest BCUT2D eigenvalue weighted by Gasteiger charge is -2.24. The molecule has 1 N–H and O–H groups in total. The van der Waals surface area contributed by atoms with E-state index in [9.17, 15) is 4.79 Å². The first kappa shape index (κ1) is 13.8. The lowest BCUT2D eigenvalue weighted by atomic mass is 9.91. The Morgan fingerprint density at radius 3 is 2.53 bits per heavy atom. The third-order valence-corrected chi connectivity index (χ3v) is 3.55. The van der Waals surface area contributed by atoms with E-state index in [1.807, 2.05) is 45.0 Å². The maximum Gasteiger partial charge on any atom is 0.156 e. The number of carbonyl (C=O) groups excluding carboxylic acids is 1. The van der Waals surface area contributed by atoms with Gasteiger partial charge in [-0.3, -0.25) is 4.79 Å². The summed E-state index contributed by atoms with van der Waals surface area (Å²) < 4.78 is 0. The Morgan fingerprint density at radius 1 is 1.11 bits per heavy atom. The van der Waals surface area contributed by atoms with E-state index >= 15 is 0 Å². The topological polar surface area (TPSA) is 29.1 Å². The summed E-state index contributed by atoms with van der Waals surface area (Å²) in [5.74, 6) is 0.228. The minimum Gasteiger partial charge on any atom is -0.306 e. The first-order valence-electron chi connectivity index (χ1n) is 6.79. The number of fused-ring (bicyclic) bond motifs is 1. The van der Waals surface area contributed by atoms with Crippen LogP contribution in [0.5, 0.6) is 0 Å². The monoisotopic (exact) mass is 255 g/mol. The van der Waals surface area contributed by atoms with Crippen LogP contribution in [0.2, 0.25) is 0 Å². The largest absolute Gasteiger partial charge is 0.306 e. The van der Waals surface area contributed by atoms with Gasteiger partial charge in [-0.05, 0) is 36.7 Å². The fourth-order valence-electron chi connectivity index (χ4n) is 2.38. The molecular weight excluding hydrogens is 234 g/mol. The maximum absolute atomic E-state index is 12.4. The lowest BCUT2D eigenvalue weighted by Crippen LogP contribution is -2.47. The summed E-state index contributed by atoms with van der Waals surface area (Å²) in [4.78, 5) is 12.4. The maximum atomic E-state index is 12.4. The molecule has 0 aromatic heterocycles. The average molecular weight is 255 g/mol. The molecule has 0 aliphatic carbocycles. The van der Waals surface area contributed by atoms with E-state index in [1.165, 1.54) is 10.8 Å². The number of hydrogen-bond acceptors (Lipinski definition) is 2. The van der Waals surface area contributed by atoms with Gasteiger partial charge >= 0.3 is 0 Å². The van der Waals surface area contributed by atoms with E-state index in [4.69, 9.17) is 0 Å². The van der Waals surface area contributed by atoms with Crippen LogP contribution in [0, 0.1) is 0 Å². The molecule has 2 heteroatoms. The molecule has 0 spiro atoms. The molecule has 0 saturated heterocycles.